The van der Waals surface area contributed by atoms with Gasteiger partial charge in [0.05, 0.1) is 19.3 Å². The summed E-state index contributed by atoms with van der Waals surface area (Å²) in [5.41, 5.74) is 5.61. The fraction of sp³-hybridized carbons (Fsp3) is 0.607. The van der Waals surface area contributed by atoms with Gasteiger partial charge in [-0.25, -0.2) is 0 Å². The molecule has 1 saturated heterocycles. The fourth-order valence-electron chi connectivity index (χ4n) is 6.57. The van der Waals surface area contributed by atoms with Crippen molar-refractivity contribution in [2.45, 2.75) is 82.1 Å². The van der Waals surface area contributed by atoms with Gasteiger partial charge in [-0.05, 0) is 74.6 Å². The molecule has 1 heterocycles. The molecule has 194 valence electrons. The average Bonchev–Trinajstić information content (AvgIpc) is 2.90. The Morgan fingerprint density at radius 3 is 2.64 bits per heavy atom. The number of rotatable bonds is 5. The van der Waals surface area contributed by atoms with E-state index in [0.29, 0.717) is 11.8 Å². The van der Waals surface area contributed by atoms with E-state index in [9.17, 15) is 25.7 Å². The summed E-state index contributed by atoms with van der Waals surface area (Å²) in [4.78, 5) is 0. The Balaban J connectivity index is 1.51. The molecule has 4 N–H and O–H groups in total. The zero-order valence-corrected chi connectivity index (χ0v) is 20.6. The standard InChI is InChI=1S/C28H35NO7/c1-34-27(23-16-6-4-8-20(23)19-7-3-2-5-15(19)11-16)17-9-10-18(13-29)21(12-17)35-28-26(33)25(32)24(31)22(14-30)36-28/h9-10,12,16,20,22,24-26,28,30-33H,2-8,11,14H2,1H3/t16?,20?,22?,24-,25-,26?,28+/m0/s1. The molecule has 7 atom stereocenters. The smallest absolute Gasteiger partial charge is 0.229 e. The molecule has 2 bridgehead atoms. The van der Waals surface area contributed by atoms with Crippen LogP contribution < -0.4 is 4.74 Å². The Bertz CT molecular complexity index is 1090. The van der Waals surface area contributed by atoms with Gasteiger partial charge in [0.2, 0.25) is 6.29 Å². The molecule has 1 aromatic rings. The first-order chi connectivity index (χ1) is 17.5. The van der Waals surface area contributed by atoms with Crippen LogP contribution in [0.4, 0.5) is 0 Å². The number of ether oxygens (including phenoxy) is 3. The van der Waals surface area contributed by atoms with Crippen LogP contribution in [0, 0.1) is 23.2 Å². The van der Waals surface area contributed by atoms with E-state index in [1.165, 1.54) is 31.3 Å². The molecule has 0 amide bonds. The van der Waals surface area contributed by atoms with Crippen molar-refractivity contribution in [3.8, 4) is 11.8 Å². The van der Waals surface area contributed by atoms with E-state index in [0.717, 1.165) is 37.0 Å². The first kappa shape index (κ1) is 25.2. The fourth-order valence-corrected chi connectivity index (χ4v) is 6.57. The lowest BCUT2D eigenvalue weighted by Crippen LogP contribution is -2.60. The van der Waals surface area contributed by atoms with Crippen molar-refractivity contribution in [2.75, 3.05) is 13.7 Å². The van der Waals surface area contributed by atoms with Crippen molar-refractivity contribution in [3.63, 3.8) is 0 Å². The maximum absolute atomic E-state index is 10.4. The highest BCUT2D eigenvalue weighted by Gasteiger charge is 2.45. The van der Waals surface area contributed by atoms with Gasteiger partial charge in [0, 0.05) is 11.5 Å². The predicted octanol–water partition coefficient (Wildman–Crippen LogP) is 2.79. The van der Waals surface area contributed by atoms with E-state index in [2.05, 4.69) is 6.07 Å². The summed E-state index contributed by atoms with van der Waals surface area (Å²) in [5, 5.41) is 49.8. The van der Waals surface area contributed by atoms with Crippen LogP contribution in [-0.4, -0.2) is 64.8 Å². The van der Waals surface area contributed by atoms with E-state index < -0.39 is 37.3 Å². The molecule has 8 nitrogen and oxygen atoms in total. The maximum atomic E-state index is 10.4. The Kier molecular flexibility index (Phi) is 7.38. The molecule has 2 fully saturated rings. The van der Waals surface area contributed by atoms with E-state index in [1.807, 2.05) is 6.07 Å². The molecular formula is C28H35NO7. The zero-order chi connectivity index (χ0) is 25.4. The summed E-state index contributed by atoms with van der Waals surface area (Å²) in [7, 11) is 1.68. The highest BCUT2D eigenvalue weighted by atomic mass is 16.7. The molecule has 0 spiro atoms. The third kappa shape index (κ3) is 4.44. The molecule has 1 aliphatic heterocycles. The SMILES string of the molecule is COC(=C1C2CCCC1C1=C(CCCC1)C2)c1ccc(C#N)c(O[C@@H]2OC(CO)[C@H](O)[C@H](O)C2O)c1. The highest BCUT2D eigenvalue weighted by molar-refractivity contribution is 5.68. The average molecular weight is 498 g/mol. The number of methoxy groups -OCH3 is 1. The minimum Gasteiger partial charge on any atom is -0.496 e. The summed E-state index contributed by atoms with van der Waals surface area (Å²) in [5.74, 6) is 1.83. The van der Waals surface area contributed by atoms with Crippen LogP contribution in [0.2, 0.25) is 0 Å². The Labute approximate surface area is 211 Å². The summed E-state index contributed by atoms with van der Waals surface area (Å²) in [6.07, 6.45) is 2.39. The molecule has 3 aliphatic carbocycles. The van der Waals surface area contributed by atoms with E-state index >= 15 is 0 Å². The van der Waals surface area contributed by atoms with E-state index in [4.69, 9.17) is 14.2 Å². The Morgan fingerprint density at radius 1 is 1.08 bits per heavy atom. The van der Waals surface area contributed by atoms with Gasteiger partial charge in [-0.15, -0.1) is 0 Å². The van der Waals surface area contributed by atoms with E-state index in [1.54, 1.807) is 30.4 Å². The van der Waals surface area contributed by atoms with Crippen molar-refractivity contribution in [1.82, 2.24) is 0 Å². The number of allylic oxidation sites excluding steroid dienone is 3. The van der Waals surface area contributed by atoms with Crippen molar-refractivity contribution in [1.29, 1.82) is 5.26 Å². The highest BCUT2D eigenvalue weighted by Crippen LogP contribution is 2.53. The summed E-state index contributed by atoms with van der Waals surface area (Å²) < 4.78 is 17.4. The van der Waals surface area contributed by atoms with Crippen molar-refractivity contribution in [2.24, 2.45) is 11.8 Å². The summed E-state index contributed by atoms with van der Waals surface area (Å²) in [6.45, 7) is -0.559. The number of hydrogen-bond donors (Lipinski definition) is 4. The number of aliphatic hydroxyl groups is 4. The van der Waals surface area contributed by atoms with Crippen LogP contribution in [-0.2, 0) is 9.47 Å². The second-order valence-corrected chi connectivity index (χ2v) is 10.3. The van der Waals surface area contributed by atoms with Crippen LogP contribution in [0.5, 0.6) is 5.75 Å². The number of benzene rings is 1. The second kappa shape index (κ2) is 10.5. The number of fused-ring (bicyclic) bond motifs is 3. The molecule has 0 radical (unpaired) electrons. The first-order valence-corrected chi connectivity index (χ1v) is 13.0. The van der Waals surface area contributed by atoms with Gasteiger partial charge >= 0.3 is 0 Å². The predicted molar refractivity (Wildman–Crippen MR) is 130 cm³/mol. The van der Waals surface area contributed by atoms with Crippen LogP contribution in [0.25, 0.3) is 5.76 Å². The third-order valence-corrected chi connectivity index (χ3v) is 8.32. The number of aliphatic hydroxyl groups excluding tert-OH is 4. The topological polar surface area (TPSA) is 132 Å². The lowest BCUT2D eigenvalue weighted by molar-refractivity contribution is -0.277. The molecule has 1 aromatic carbocycles. The first-order valence-electron chi connectivity index (χ1n) is 13.0. The second-order valence-electron chi connectivity index (χ2n) is 10.3. The lowest BCUT2D eigenvalue weighted by Gasteiger charge is -2.43. The Morgan fingerprint density at radius 2 is 1.89 bits per heavy atom. The van der Waals surface area contributed by atoms with Crippen LogP contribution >= 0.6 is 0 Å². The maximum Gasteiger partial charge on any atom is 0.229 e. The molecule has 4 unspecified atom stereocenters. The van der Waals surface area contributed by atoms with Gasteiger partial charge in [-0.3, -0.25) is 0 Å². The molecule has 1 saturated carbocycles. The van der Waals surface area contributed by atoms with Gasteiger partial charge in [-0.1, -0.05) is 17.6 Å². The molecule has 36 heavy (non-hydrogen) atoms. The minimum absolute atomic E-state index is 0.174. The van der Waals surface area contributed by atoms with Crippen molar-refractivity contribution in [3.05, 3.63) is 46.0 Å². The quantitative estimate of drug-likeness (QED) is 0.361. The van der Waals surface area contributed by atoms with Crippen LogP contribution in [0.3, 0.4) is 0 Å². The lowest BCUT2D eigenvalue weighted by atomic mass is 9.62. The number of nitriles is 1. The van der Waals surface area contributed by atoms with Crippen LogP contribution in [0.1, 0.15) is 62.5 Å². The van der Waals surface area contributed by atoms with Crippen molar-refractivity contribution < 1.29 is 34.6 Å². The van der Waals surface area contributed by atoms with Gasteiger partial charge in [-0.2, -0.15) is 5.26 Å². The monoisotopic (exact) mass is 497 g/mol. The van der Waals surface area contributed by atoms with Gasteiger partial charge in [0.1, 0.15) is 42.0 Å². The molecular weight excluding hydrogens is 462 g/mol. The van der Waals surface area contributed by atoms with Gasteiger partial charge in [0.15, 0.2) is 0 Å². The van der Waals surface area contributed by atoms with E-state index in [-0.39, 0.29) is 11.3 Å². The van der Waals surface area contributed by atoms with Crippen molar-refractivity contribution >= 4 is 5.76 Å². The summed E-state index contributed by atoms with van der Waals surface area (Å²) >= 11 is 0. The largest absolute Gasteiger partial charge is 0.496 e. The van der Waals surface area contributed by atoms with Gasteiger partial charge < -0.3 is 34.6 Å². The summed E-state index contributed by atoms with van der Waals surface area (Å²) in [6, 6.07) is 7.32. The minimum atomic E-state index is -1.56. The van der Waals surface area contributed by atoms with Crippen LogP contribution in [0.15, 0.2) is 34.9 Å². The normalized spacial score (nSPS) is 35.5. The molecule has 8 heteroatoms. The number of nitrogens with zero attached hydrogens (tertiary/aromatic N) is 1. The molecule has 5 rings (SSSR count). The zero-order valence-electron chi connectivity index (χ0n) is 20.6. The van der Waals surface area contributed by atoms with Gasteiger partial charge in [0.25, 0.3) is 0 Å². The Hall–Kier alpha value is -2.41. The third-order valence-electron chi connectivity index (χ3n) is 8.32. The molecule has 0 aromatic heterocycles. The molecule has 4 aliphatic rings. The number of hydrogen-bond acceptors (Lipinski definition) is 8.